The van der Waals surface area contributed by atoms with Crippen molar-refractivity contribution < 1.29 is 9.84 Å². The van der Waals surface area contributed by atoms with Crippen LogP contribution >= 0.6 is 23.2 Å². The van der Waals surface area contributed by atoms with Gasteiger partial charge in [0.25, 0.3) is 0 Å². The molecule has 0 aliphatic rings. The summed E-state index contributed by atoms with van der Waals surface area (Å²) in [5, 5.41) is 14.2. The molecule has 3 nitrogen and oxygen atoms in total. The Morgan fingerprint density at radius 2 is 1.76 bits per heavy atom. The molecular formula is C16H17Cl2NO2. The topological polar surface area (TPSA) is 41.5 Å². The first-order valence-electron chi connectivity index (χ1n) is 6.57. The summed E-state index contributed by atoms with van der Waals surface area (Å²) in [6, 6.07) is 13.1. The van der Waals surface area contributed by atoms with Crippen molar-refractivity contribution in [1.29, 1.82) is 0 Å². The van der Waals surface area contributed by atoms with E-state index >= 15 is 0 Å². The SMILES string of the molecule is COc1c(Cl)cc(CNC[C@H](O)c2ccccc2)cc1Cl. The van der Waals surface area contributed by atoms with Crippen molar-refractivity contribution in [3.63, 3.8) is 0 Å². The zero-order chi connectivity index (χ0) is 15.2. The van der Waals surface area contributed by atoms with E-state index in [1.54, 1.807) is 12.1 Å². The second kappa shape index (κ2) is 7.66. The Kier molecular flexibility index (Phi) is 5.88. The minimum absolute atomic E-state index is 0.450. The number of aliphatic hydroxyl groups excluding tert-OH is 1. The van der Waals surface area contributed by atoms with Gasteiger partial charge in [-0.15, -0.1) is 0 Å². The van der Waals surface area contributed by atoms with Gasteiger partial charge in [0.05, 0.1) is 23.3 Å². The Morgan fingerprint density at radius 1 is 1.14 bits per heavy atom. The normalized spacial score (nSPS) is 12.2. The van der Waals surface area contributed by atoms with Gasteiger partial charge in [-0.3, -0.25) is 0 Å². The van der Waals surface area contributed by atoms with Gasteiger partial charge in [-0.05, 0) is 23.3 Å². The quantitative estimate of drug-likeness (QED) is 0.848. The van der Waals surface area contributed by atoms with Crippen LogP contribution < -0.4 is 10.1 Å². The summed E-state index contributed by atoms with van der Waals surface area (Å²) in [5.74, 6) is 0.478. The number of nitrogens with one attached hydrogen (secondary N) is 1. The predicted molar refractivity (Wildman–Crippen MR) is 86.1 cm³/mol. The van der Waals surface area contributed by atoms with Gasteiger partial charge in [-0.2, -0.15) is 0 Å². The first-order valence-corrected chi connectivity index (χ1v) is 7.33. The highest BCUT2D eigenvalue weighted by atomic mass is 35.5. The van der Waals surface area contributed by atoms with Gasteiger partial charge in [0.15, 0.2) is 5.75 Å². The minimum atomic E-state index is -0.546. The van der Waals surface area contributed by atoms with Crippen molar-refractivity contribution in [2.75, 3.05) is 13.7 Å². The number of hydrogen-bond acceptors (Lipinski definition) is 3. The fourth-order valence-electron chi connectivity index (χ4n) is 2.06. The van der Waals surface area contributed by atoms with E-state index < -0.39 is 6.10 Å². The standard InChI is InChI=1S/C16H17Cl2NO2/c1-21-16-13(17)7-11(8-14(16)18)9-19-10-15(20)12-5-3-2-4-6-12/h2-8,15,19-20H,9-10H2,1H3/t15-/m0/s1. The van der Waals surface area contributed by atoms with E-state index in [9.17, 15) is 5.11 Å². The Bertz CT molecular complexity index is 567. The van der Waals surface area contributed by atoms with Crippen molar-refractivity contribution in [2.45, 2.75) is 12.6 Å². The summed E-state index contributed by atoms with van der Waals surface area (Å²) >= 11 is 12.2. The van der Waals surface area contributed by atoms with E-state index in [0.717, 1.165) is 11.1 Å². The van der Waals surface area contributed by atoms with Crippen LogP contribution in [-0.2, 0) is 6.54 Å². The lowest BCUT2D eigenvalue weighted by Crippen LogP contribution is -2.21. The summed E-state index contributed by atoms with van der Waals surface area (Å²) in [4.78, 5) is 0. The summed E-state index contributed by atoms with van der Waals surface area (Å²) < 4.78 is 5.11. The molecule has 0 bridgehead atoms. The molecule has 0 spiro atoms. The van der Waals surface area contributed by atoms with E-state index in [-0.39, 0.29) is 0 Å². The smallest absolute Gasteiger partial charge is 0.156 e. The van der Waals surface area contributed by atoms with E-state index in [2.05, 4.69) is 5.32 Å². The Labute approximate surface area is 134 Å². The average molecular weight is 326 g/mol. The summed E-state index contributed by atoms with van der Waals surface area (Å²) in [6.07, 6.45) is -0.546. The molecule has 0 saturated carbocycles. The maximum Gasteiger partial charge on any atom is 0.156 e. The third kappa shape index (κ3) is 4.35. The number of aliphatic hydroxyl groups is 1. The molecule has 0 amide bonds. The van der Waals surface area contributed by atoms with E-state index in [4.69, 9.17) is 27.9 Å². The molecule has 0 aliphatic heterocycles. The number of halogens is 2. The third-order valence-corrected chi connectivity index (χ3v) is 3.67. The lowest BCUT2D eigenvalue weighted by Gasteiger charge is -2.13. The molecule has 5 heteroatoms. The molecule has 0 fully saturated rings. The summed E-state index contributed by atoms with van der Waals surface area (Å²) in [6.45, 7) is 1.01. The van der Waals surface area contributed by atoms with Crippen LogP contribution in [0.25, 0.3) is 0 Å². The van der Waals surface area contributed by atoms with Crippen molar-refractivity contribution >= 4 is 23.2 Å². The molecule has 2 rings (SSSR count). The zero-order valence-corrected chi connectivity index (χ0v) is 13.2. The molecule has 0 unspecified atom stereocenters. The number of ether oxygens (including phenoxy) is 1. The van der Waals surface area contributed by atoms with Crippen LogP contribution in [-0.4, -0.2) is 18.8 Å². The fraction of sp³-hybridized carbons (Fsp3) is 0.250. The predicted octanol–water partition coefficient (Wildman–Crippen LogP) is 3.83. The fourth-order valence-corrected chi connectivity index (χ4v) is 2.74. The minimum Gasteiger partial charge on any atom is -0.494 e. The van der Waals surface area contributed by atoms with Gasteiger partial charge in [-0.1, -0.05) is 53.5 Å². The zero-order valence-electron chi connectivity index (χ0n) is 11.6. The number of rotatable bonds is 6. The van der Waals surface area contributed by atoms with Crippen LogP contribution in [0.3, 0.4) is 0 Å². The van der Waals surface area contributed by atoms with E-state index in [1.807, 2.05) is 30.3 Å². The maximum absolute atomic E-state index is 10.1. The van der Waals surface area contributed by atoms with Crippen LogP contribution in [0.4, 0.5) is 0 Å². The largest absolute Gasteiger partial charge is 0.494 e. The first kappa shape index (κ1) is 16.1. The van der Waals surface area contributed by atoms with Crippen LogP contribution in [0.1, 0.15) is 17.2 Å². The molecule has 0 aliphatic carbocycles. The highest BCUT2D eigenvalue weighted by Gasteiger charge is 2.10. The van der Waals surface area contributed by atoms with E-state index in [0.29, 0.717) is 28.9 Å². The van der Waals surface area contributed by atoms with Crippen molar-refractivity contribution in [3.8, 4) is 5.75 Å². The average Bonchev–Trinajstić information content (AvgIpc) is 2.48. The third-order valence-electron chi connectivity index (χ3n) is 3.11. The monoisotopic (exact) mass is 325 g/mol. The Hall–Kier alpha value is -1.26. The highest BCUT2D eigenvalue weighted by Crippen LogP contribution is 2.33. The lowest BCUT2D eigenvalue weighted by atomic mass is 10.1. The summed E-state index contributed by atoms with van der Waals surface area (Å²) in [7, 11) is 1.53. The van der Waals surface area contributed by atoms with Gasteiger partial charge < -0.3 is 15.2 Å². The first-order chi connectivity index (χ1) is 10.1. The molecule has 112 valence electrons. The molecule has 0 heterocycles. The second-order valence-corrected chi connectivity index (χ2v) is 5.46. The second-order valence-electron chi connectivity index (χ2n) is 4.65. The number of methoxy groups -OCH3 is 1. The maximum atomic E-state index is 10.1. The molecule has 1 atom stereocenters. The van der Waals surface area contributed by atoms with Crippen LogP contribution in [0, 0.1) is 0 Å². The van der Waals surface area contributed by atoms with Gasteiger partial charge in [0, 0.05) is 13.1 Å². The lowest BCUT2D eigenvalue weighted by molar-refractivity contribution is 0.174. The Morgan fingerprint density at radius 3 is 2.33 bits per heavy atom. The molecular weight excluding hydrogens is 309 g/mol. The highest BCUT2D eigenvalue weighted by molar-refractivity contribution is 6.37. The van der Waals surface area contributed by atoms with E-state index in [1.165, 1.54) is 7.11 Å². The van der Waals surface area contributed by atoms with Gasteiger partial charge in [0.2, 0.25) is 0 Å². The van der Waals surface area contributed by atoms with Crippen molar-refractivity contribution in [3.05, 3.63) is 63.6 Å². The van der Waals surface area contributed by atoms with Gasteiger partial charge in [-0.25, -0.2) is 0 Å². The number of benzene rings is 2. The Balaban J connectivity index is 1.92. The summed E-state index contributed by atoms with van der Waals surface area (Å²) in [5.41, 5.74) is 1.82. The van der Waals surface area contributed by atoms with Crippen LogP contribution in [0.15, 0.2) is 42.5 Å². The van der Waals surface area contributed by atoms with Gasteiger partial charge in [0.1, 0.15) is 0 Å². The molecule has 2 aromatic carbocycles. The molecule has 2 aromatic rings. The molecule has 2 N–H and O–H groups in total. The molecule has 0 aromatic heterocycles. The van der Waals surface area contributed by atoms with Crippen LogP contribution in [0.5, 0.6) is 5.75 Å². The molecule has 0 radical (unpaired) electrons. The van der Waals surface area contributed by atoms with Crippen LogP contribution in [0.2, 0.25) is 10.0 Å². The van der Waals surface area contributed by atoms with Gasteiger partial charge >= 0.3 is 0 Å². The van der Waals surface area contributed by atoms with Crippen molar-refractivity contribution in [1.82, 2.24) is 5.32 Å². The number of hydrogen-bond donors (Lipinski definition) is 2. The molecule has 0 saturated heterocycles. The van der Waals surface area contributed by atoms with Crippen molar-refractivity contribution in [2.24, 2.45) is 0 Å². The molecule has 21 heavy (non-hydrogen) atoms.